The number of benzene rings is 1. The number of aromatic nitrogens is 2. The van der Waals surface area contributed by atoms with E-state index in [1.165, 1.54) is 5.39 Å². The molecule has 0 unspecified atom stereocenters. The standard InChI is InChI=1S/C8H7BrN2/c1-11-5-6-7(9)3-2-4-8(6)10-11/h2-5H,1H3/p+1. The van der Waals surface area contributed by atoms with Crippen LogP contribution in [0.1, 0.15) is 0 Å². The molecule has 0 radical (unpaired) electrons. The monoisotopic (exact) mass is 211 g/mol. The van der Waals surface area contributed by atoms with Crippen LogP contribution in [0.25, 0.3) is 10.9 Å². The molecule has 0 aliphatic rings. The van der Waals surface area contributed by atoms with Crippen molar-refractivity contribution >= 4 is 26.8 Å². The molecule has 0 saturated carbocycles. The first-order valence-corrected chi connectivity index (χ1v) is 4.19. The minimum Gasteiger partial charge on any atom is -0.165 e. The Morgan fingerprint density at radius 1 is 1.45 bits per heavy atom. The van der Waals surface area contributed by atoms with E-state index in [0.717, 1.165) is 9.99 Å². The lowest BCUT2D eigenvalue weighted by atomic mass is 10.3. The first-order chi connectivity index (χ1) is 5.27. The number of rotatable bonds is 0. The number of halogens is 1. The van der Waals surface area contributed by atoms with E-state index >= 15 is 0 Å². The van der Waals surface area contributed by atoms with Gasteiger partial charge in [-0.2, -0.15) is 5.10 Å². The van der Waals surface area contributed by atoms with E-state index in [2.05, 4.69) is 33.3 Å². The molecule has 0 fully saturated rings. The number of aromatic amines is 1. The molecule has 2 aromatic rings. The summed E-state index contributed by atoms with van der Waals surface area (Å²) in [7, 11) is 1.98. The third-order valence-electron chi connectivity index (χ3n) is 1.67. The summed E-state index contributed by atoms with van der Waals surface area (Å²) in [4.78, 5) is 0. The van der Waals surface area contributed by atoms with Crippen molar-refractivity contribution < 1.29 is 4.68 Å². The average molecular weight is 212 g/mol. The van der Waals surface area contributed by atoms with Crippen LogP contribution in [0.2, 0.25) is 0 Å². The summed E-state index contributed by atoms with van der Waals surface area (Å²) in [5.74, 6) is 0. The highest BCUT2D eigenvalue weighted by Gasteiger charge is 2.04. The number of nitrogens with zero attached hydrogens (tertiary/aromatic N) is 1. The highest BCUT2D eigenvalue weighted by atomic mass is 79.9. The van der Waals surface area contributed by atoms with Gasteiger partial charge in [0.2, 0.25) is 6.20 Å². The van der Waals surface area contributed by atoms with E-state index in [-0.39, 0.29) is 0 Å². The van der Waals surface area contributed by atoms with Crippen LogP contribution < -0.4 is 4.68 Å². The Bertz CT molecular complexity index is 392. The quantitative estimate of drug-likeness (QED) is 0.642. The van der Waals surface area contributed by atoms with Crippen LogP contribution in [0.4, 0.5) is 0 Å². The Balaban J connectivity index is 2.90. The molecular weight excluding hydrogens is 204 g/mol. The zero-order valence-electron chi connectivity index (χ0n) is 6.13. The number of nitrogens with one attached hydrogen (secondary N) is 1. The van der Waals surface area contributed by atoms with Crippen LogP contribution in [0.15, 0.2) is 28.9 Å². The fourth-order valence-corrected chi connectivity index (χ4v) is 1.65. The molecule has 11 heavy (non-hydrogen) atoms. The van der Waals surface area contributed by atoms with E-state index in [4.69, 9.17) is 0 Å². The summed E-state index contributed by atoms with van der Waals surface area (Å²) >= 11 is 3.48. The van der Waals surface area contributed by atoms with E-state index < -0.39 is 0 Å². The number of hydrogen-bond donors (Lipinski definition) is 1. The van der Waals surface area contributed by atoms with Crippen molar-refractivity contribution in [1.82, 2.24) is 5.10 Å². The van der Waals surface area contributed by atoms with E-state index in [0.29, 0.717) is 0 Å². The van der Waals surface area contributed by atoms with Gasteiger partial charge in [-0.25, -0.2) is 0 Å². The second-order valence-electron chi connectivity index (χ2n) is 2.55. The van der Waals surface area contributed by atoms with Crippen LogP contribution in [-0.2, 0) is 7.05 Å². The summed E-state index contributed by atoms with van der Waals surface area (Å²) in [5.41, 5.74) is 1.15. The molecule has 0 bridgehead atoms. The van der Waals surface area contributed by atoms with E-state index in [9.17, 15) is 0 Å². The van der Waals surface area contributed by atoms with Crippen LogP contribution in [0, 0.1) is 0 Å². The third kappa shape index (κ3) is 1.05. The topological polar surface area (TPSA) is 19.7 Å². The summed E-state index contributed by atoms with van der Waals surface area (Å²) in [5, 5.41) is 4.40. The van der Waals surface area contributed by atoms with Crippen molar-refractivity contribution in [3.05, 3.63) is 28.9 Å². The minimum atomic E-state index is 1.13. The first kappa shape index (κ1) is 6.85. The van der Waals surface area contributed by atoms with Crippen LogP contribution in [0.3, 0.4) is 0 Å². The summed E-state index contributed by atoms with van der Waals surface area (Å²) in [6.07, 6.45) is 2.05. The van der Waals surface area contributed by atoms with Crippen molar-refractivity contribution in [2.75, 3.05) is 0 Å². The van der Waals surface area contributed by atoms with Gasteiger partial charge in [0.1, 0.15) is 5.52 Å². The summed E-state index contributed by atoms with van der Waals surface area (Å²) in [6, 6.07) is 6.11. The smallest absolute Gasteiger partial charge is 0.165 e. The highest BCUT2D eigenvalue weighted by molar-refractivity contribution is 9.10. The van der Waals surface area contributed by atoms with Gasteiger partial charge in [0.15, 0.2) is 7.05 Å². The van der Waals surface area contributed by atoms with Gasteiger partial charge in [-0.05, 0) is 28.1 Å². The molecule has 0 spiro atoms. The van der Waals surface area contributed by atoms with Crippen molar-refractivity contribution in [2.45, 2.75) is 0 Å². The second-order valence-corrected chi connectivity index (χ2v) is 3.41. The predicted octanol–water partition coefficient (Wildman–Crippen LogP) is 1.75. The SMILES string of the molecule is C[n+]1cc2c(Br)cccc2[nH]1. The van der Waals surface area contributed by atoms with Gasteiger partial charge in [0, 0.05) is 4.47 Å². The molecule has 0 aliphatic carbocycles. The summed E-state index contributed by atoms with van der Waals surface area (Å²) < 4.78 is 3.07. The zero-order valence-corrected chi connectivity index (χ0v) is 7.72. The normalized spacial score (nSPS) is 10.7. The molecular formula is C8H8BrN2+. The lowest BCUT2D eigenvalue weighted by Gasteiger charge is -1.86. The first-order valence-electron chi connectivity index (χ1n) is 3.40. The molecule has 3 heteroatoms. The van der Waals surface area contributed by atoms with Gasteiger partial charge in [-0.15, -0.1) is 4.68 Å². The molecule has 0 atom stereocenters. The maximum absolute atomic E-state index is 3.48. The molecule has 1 heterocycles. The van der Waals surface area contributed by atoms with Gasteiger partial charge in [-0.3, -0.25) is 0 Å². The van der Waals surface area contributed by atoms with Gasteiger partial charge in [0.25, 0.3) is 0 Å². The van der Waals surface area contributed by atoms with E-state index in [1.54, 1.807) is 0 Å². The zero-order chi connectivity index (χ0) is 7.84. The molecule has 0 saturated heterocycles. The largest absolute Gasteiger partial charge is 0.204 e. The molecule has 1 aromatic heterocycles. The third-order valence-corrected chi connectivity index (χ3v) is 2.36. The predicted molar refractivity (Wildman–Crippen MR) is 47.2 cm³/mol. The molecule has 56 valence electrons. The Morgan fingerprint density at radius 3 is 3.00 bits per heavy atom. The number of aryl methyl sites for hydroxylation is 1. The van der Waals surface area contributed by atoms with Crippen molar-refractivity contribution in [3.8, 4) is 0 Å². The second kappa shape index (κ2) is 2.34. The highest BCUT2D eigenvalue weighted by Crippen LogP contribution is 2.20. The lowest BCUT2D eigenvalue weighted by molar-refractivity contribution is -0.724. The van der Waals surface area contributed by atoms with Crippen LogP contribution in [-0.4, -0.2) is 5.10 Å². The Hall–Kier alpha value is -0.830. The molecule has 2 rings (SSSR count). The maximum Gasteiger partial charge on any atom is 0.204 e. The van der Waals surface area contributed by atoms with Crippen molar-refractivity contribution in [2.24, 2.45) is 7.05 Å². The summed E-state index contributed by atoms with van der Waals surface area (Å²) in [6.45, 7) is 0. The number of fused-ring (bicyclic) bond motifs is 1. The van der Waals surface area contributed by atoms with Crippen molar-refractivity contribution in [3.63, 3.8) is 0 Å². The number of H-pyrrole nitrogens is 1. The Labute approximate surface area is 73.0 Å². The Morgan fingerprint density at radius 2 is 2.27 bits per heavy atom. The maximum atomic E-state index is 3.48. The molecule has 0 aliphatic heterocycles. The average Bonchev–Trinajstić information content (AvgIpc) is 2.31. The van der Waals surface area contributed by atoms with E-state index in [1.807, 2.05) is 23.9 Å². The molecule has 0 amide bonds. The molecule has 2 nitrogen and oxygen atoms in total. The van der Waals surface area contributed by atoms with Crippen molar-refractivity contribution in [1.29, 1.82) is 0 Å². The number of hydrogen-bond acceptors (Lipinski definition) is 0. The van der Waals surface area contributed by atoms with Gasteiger partial charge in [0.05, 0.1) is 5.39 Å². The van der Waals surface area contributed by atoms with Crippen LogP contribution >= 0.6 is 15.9 Å². The minimum absolute atomic E-state index is 1.13. The van der Waals surface area contributed by atoms with Gasteiger partial charge >= 0.3 is 0 Å². The molecule has 1 N–H and O–H groups in total. The fourth-order valence-electron chi connectivity index (χ4n) is 1.18. The Kier molecular flexibility index (Phi) is 1.46. The molecule has 1 aromatic carbocycles. The van der Waals surface area contributed by atoms with Gasteiger partial charge in [-0.1, -0.05) is 6.07 Å². The fraction of sp³-hybridized carbons (Fsp3) is 0.125. The lowest BCUT2D eigenvalue weighted by Crippen LogP contribution is -2.27. The van der Waals surface area contributed by atoms with Crippen LogP contribution in [0.5, 0.6) is 0 Å². The van der Waals surface area contributed by atoms with Gasteiger partial charge < -0.3 is 0 Å².